The maximum absolute atomic E-state index is 13.2. The summed E-state index contributed by atoms with van der Waals surface area (Å²) in [4.78, 5) is 32.1. The van der Waals surface area contributed by atoms with Crippen LogP contribution >= 0.6 is 11.3 Å². The third-order valence-electron chi connectivity index (χ3n) is 5.02. The van der Waals surface area contributed by atoms with Gasteiger partial charge in [0.1, 0.15) is 13.2 Å². The Morgan fingerprint density at radius 3 is 2.67 bits per heavy atom. The SMILES string of the molecule is CN(C)CCCN(C(=O)C=Cc1cccc([N+](=O)[O-])c1)c1nc2cc3c(cc2s1)OCCO3. The number of aromatic nitrogens is 1. The summed E-state index contributed by atoms with van der Waals surface area (Å²) in [5.41, 5.74) is 1.30. The third-order valence-corrected chi connectivity index (χ3v) is 6.07. The molecule has 1 aliphatic rings. The summed E-state index contributed by atoms with van der Waals surface area (Å²) in [5.74, 6) is 1.10. The van der Waals surface area contributed by atoms with Crippen LogP contribution in [-0.4, -0.2) is 61.1 Å². The largest absolute Gasteiger partial charge is 0.486 e. The summed E-state index contributed by atoms with van der Waals surface area (Å²) in [6.07, 6.45) is 3.78. The average molecular weight is 469 g/mol. The zero-order valence-corrected chi connectivity index (χ0v) is 19.2. The lowest BCUT2D eigenvalue weighted by atomic mass is 10.2. The molecule has 0 bridgehead atoms. The summed E-state index contributed by atoms with van der Waals surface area (Å²) >= 11 is 1.42. The maximum atomic E-state index is 13.2. The number of carbonyl (C=O) groups excluding carboxylic acids is 1. The fourth-order valence-corrected chi connectivity index (χ4v) is 4.42. The standard InChI is InChI=1S/C23H24N4O5S/c1-25(2)9-4-10-26(22(28)8-7-16-5-3-6-17(13-16)27(29)30)23-24-18-14-19-20(15-21(18)33-23)32-12-11-31-19/h3,5-8,13-15H,4,9-12H2,1-2H3. The number of fused-ring (bicyclic) bond motifs is 2. The quantitative estimate of drug-likeness (QED) is 0.280. The Hall–Kier alpha value is -3.50. The molecule has 10 heteroatoms. The van der Waals surface area contributed by atoms with E-state index in [9.17, 15) is 14.9 Å². The van der Waals surface area contributed by atoms with Crippen molar-refractivity contribution in [2.45, 2.75) is 6.42 Å². The van der Waals surface area contributed by atoms with Crippen LogP contribution in [0.25, 0.3) is 16.3 Å². The van der Waals surface area contributed by atoms with Gasteiger partial charge in [0.15, 0.2) is 16.6 Å². The fourth-order valence-electron chi connectivity index (χ4n) is 3.41. The highest BCUT2D eigenvalue weighted by molar-refractivity contribution is 7.22. The van der Waals surface area contributed by atoms with Crippen molar-refractivity contribution in [2.75, 3.05) is 45.3 Å². The van der Waals surface area contributed by atoms with E-state index in [1.54, 1.807) is 23.1 Å². The number of nitro benzene ring substituents is 1. The molecule has 0 fully saturated rings. The minimum absolute atomic E-state index is 0.0213. The van der Waals surface area contributed by atoms with E-state index in [-0.39, 0.29) is 11.6 Å². The van der Waals surface area contributed by atoms with Crippen LogP contribution in [0.4, 0.5) is 10.8 Å². The highest BCUT2D eigenvalue weighted by Gasteiger charge is 2.20. The first kappa shape index (κ1) is 22.7. The second kappa shape index (κ2) is 9.97. The molecule has 0 atom stereocenters. The number of nitro groups is 1. The minimum atomic E-state index is -0.457. The summed E-state index contributed by atoms with van der Waals surface area (Å²) in [6.45, 7) is 2.30. The topological polar surface area (TPSA) is 98.0 Å². The van der Waals surface area contributed by atoms with E-state index in [1.165, 1.54) is 29.5 Å². The number of benzene rings is 2. The summed E-state index contributed by atoms with van der Waals surface area (Å²) < 4.78 is 12.2. The highest BCUT2D eigenvalue weighted by atomic mass is 32.1. The number of anilines is 1. The smallest absolute Gasteiger partial charge is 0.270 e. The molecule has 1 aromatic heterocycles. The minimum Gasteiger partial charge on any atom is -0.486 e. The third kappa shape index (κ3) is 5.47. The van der Waals surface area contributed by atoms with Crippen LogP contribution in [-0.2, 0) is 4.79 Å². The van der Waals surface area contributed by atoms with Gasteiger partial charge in [0, 0.05) is 36.9 Å². The number of amides is 1. The monoisotopic (exact) mass is 468 g/mol. The van der Waals surface area contributed by atoms with Crippen molar-refractivity contribution < 1.29 is 19.2 Å². The number of ether oxygens (including phenoxy) is 2. The molecule has 0 aliphatic carbocycles. The Morgan fingerprint density at radius 1 is 1.18 bits per heavy atom. The van der Waals surface area contributed by atoms with Crippen molar-refractivity contribution in [1.29, 1.82) is 0 Å². The molecule has 3 aromatic rings. The first-order valence-electron chi connectivity index (χ1n) is 10.5. The molecule has 2 aromatic carbocycles. The molecule has 0 N–H and O–H groups in total. The predicted octanol–water partition coefficient (Wildman–Crippen LogP) is 3.97. The Morgan fingerprint density at radius 2 is 1.94 bits per heavy atom. The number of hydrogen-bond donors (Lipinski definition) is 0. The zero-order chi connectivity index (χ0) is 23.4. The molecule has 172 valence electrons. The van der Waals surface area contributed by atoms with E-state index in [0.717, 1.165) is 23.2 Å². The van der Waals surface area contributed by atoms with Crippen molar-refractivity contribution in [2.24, 2.45) is 0 Å². The highest BCUT2D eigenvalue weighted by Crippen LogP contribution is 2.38. The van der Waals surface area contributed by atoms with Crippen LogP contribution in [0, 0.1) is 10.1 Å². The predicted molar refractivity (Wildman–Crippen MR) is 128 cm³/mol. The number of nitrogens with zero attached hydrogens (tertiary/aromatic N) is 4. The van der Waals surface area contributed by atoms with E-state index in [4.69, 9.17) is 9.47 Å². The van der Waals surface area contributed by atoms with Crippen LogP contribution in [0.5, 0.6) is 11.5 Å². The Balaban J connectivity index is 1.61. The molecule has 0 unspecified atom stereocenters. The Bertz CT molecular complexity index is 1160. The van der Waals surface area contributed by atoms with Crippen LogP contribution in [0.1, 0.15) is 12.0 Å². The van der Waals surface area contributed by atoms with Crippen LogP contribution < -0.4 is 14.4 Å². The van der Waals surface area contributed by atoms with Crippen molar-refractivity contribution in [3.05, 3.63) is 58.2 Å². The van der Waals surface area contributed by atoms with Crippen molar-refractivity contribution in [1.82, 2.24) is 9.88 Å². The Kier molecular flexibility index (Phi) is 6.85. The number of thiazole rings is 1. The normalized spacial score (nSPS) is 13.1. The van der Waals surface area contributed by atoms with E-state index >= 15 is 0 Å². The van der Waals surface area contributed by atoms with E-state index in [0.29, 0.717) is 42.0 Å². The molecule has 0 spiro atoms. The van der Waals surface area contributed by atoms with Gasteiger partial charge in [-0.1, -0.05) is 23.5 Å². The summed E-state index contributed by atoms with van der Waals surface area (Å²) in [5, 5.41) is 11.6. The number of rotatable bonds is 8. The first-order chi connectivity index (χ1) is 15.9. The first-order valence-corrected chi connectivity index (χ1v) is 11.3. The van der Waals surface area contributed by atoms with Gasteiger partial charge < -0.3 is 14.4 Å². The van der Waals surface area contributed by atoms with Gasteiger partial charge in [-0.05, 0) is 38.7 Å². The van der Waals surface area contributed by atoms with Gasteiger partial charge in [-0.3, -0.25) is 19.8 Å². The Labute approximate surface area is 195 Å². The van der Waals surface area contributed by atoms with Crippen molar-refractivity contribution in [3.8, 4) is 11.5 Å². The van der Waals surface area contributed by atoms with Gasteiger partial charge in [0.2, 0.25) is 0 Å². The second-order valence-electron chi connectivity index (χ2n) is 7.79. The van der Waals surface area contributed by atoms with Gasteiger partial charge in [-0.15, -0.1) is 0 Å². The number of hydrogen-bond acceptors (Lipinski definition) is 8. The van der Waals surface area contributed by atoms with Gasteiger partial charge in [0.25, 0.3) is 11.6 Å². The molecule has 4 rings (SSSR count). The molecule has 1 amide bonds. The molecular weight excluding hydrogens is 444 g/mol. The zero-order valence-electron chi connectivity index (χ0n) is 18.4. The van der Waals surface area contributed by atoms with Crippen LogP contribution in [0.2, 0.25) is 0 Å². The van der Waals surface area contributed by atoms with Crippen LogP contribution in [0.3, 0.4) is 0 Å². The van der Waals surface area contributed by atoms with Gasteiger partial charge in [-0.2, -0.15) is 0 Å². The average Bonchev–Trinajstić information content (AvgIpc) is 3.21. The van der Waals surface area contributed by atoms with Crippen molar-refractivity contribution >= 4 is 44.4 Å². The van der Waals surface area contributed by atoms with Gasteiger partial charge >= 0.3 is 0 Å². The summed E-state index contributed by atoms with van der Waals surface area (Å²) in [7, 11) is 3.97. The number of carbonyl (C=O) groups is 1. The maximum Gasteiger partial charge on any atom is 0.270 e. The molecule has 0 saturated carbocycles. The van der Waals surface area contributed by atoms with E-state index < -0.39 is 4.92 Å². The molecule has 0 saturated heterocycles. The lowest BCUT2D eigenvalue weighted by Crippen LogP contribution is -2.32. The van der Waals surface area contributed by atoms with Crippen LogP contribution in [0.15, 0.2) is 42.5 Å². The molecular formula is C23H24N4O5S. The lowest BCUT2D eigenvalue weighted by molar-refractivity contribution is -0.384. The molecule has 1 aliphatic heterocycles. The van der Waals surface area contributed by atoms with E-state index in [2.05, 4.69) is 9.88 Å². The van der Waals surface area contributed by atoms with Gasteiger partial charge in [-0.25, -0.2) is 4.98 Å². The number of non-ortho nitro benzene ring substituents is 1. The fraction of sp³-hybridized carbons (Fsp3) is 0.304. The lowest BCUT2D eigenvalue weighted by Gasteiger charge is -2.19. The molecule has 0 radical (unpaired) electrons. The molecule has 33 heavy (non-hydrogen) atoms. The summed E-state index contributed by atoms with van der Waals surface area (Å²) in [6, 6.07) is 9.90. The molecule has 9 nitrogen and oxygen atoms in total. The van der Waals surface area contributed by atoms with Crippen molar-refractivity contribution in [3.63, 3.8) is 0 Å². The second-order valence-corrected chi connectivity index (χ2v) is 8.80. The van der Waals surface area contributed by atoms with E-state index in [1.807, 2.05) is 26.2 Å². The van der Waals surface area contributed by atoms with Gasteiger partial charge in [0.05, 0.1) is 15.1 Å². The molecule has 2 heterocycles.